The average molecular weight is 304 g/mol. The van der Waals surface area contributed by atoms with E-state index in [-0.39, 0.29) is 6.04 Å². The molecule has 114 valence electrons. The molecule has 4 N–H and O–H groups in total. The van der Waals surface area contributed by atoms with Crippen LogP contribution in [0.4, 0.5) is 4.79 Å². The van der Waals surface area contributed by atoms with E-state index in [2.05, 4.69) is 16.9 Å². The second-order valence-corrected chi connectivity index (χ2v) is 5.95. The molecule has 8 heteroatoms. The summed E-state index contributed by atoms with van der Waals surface area (Å²) in [4.78, 5) is 33.0. The molecule has 1 unspecified atom stereocenters. The van der Waals surface area contributed by atoms with Crippen molar-refractivity contribution in [3.8, 4) is 0 Å². The van der Waals surface area contributed by atoms with E-state index in [0.717, 1.165) is 25.7 Å². The third kappa shape index (κ3) is 5.68. The van der Waals surface area contributed by atoms with Crippen LogP contribution in [0, 0.1) is 0 Å². The lowest BCUT2D eigenvalue weighted by molar-refractivity contribution is -0.145. The predicted molar refractivity (Wildman–Crippen MR) is 74.9 cm³/mol. The number of aliphatic carboxylic acids is 2. The zero-order valence-electron chi connectivity index (χ0n) is 11.3. The smallest absolute Gasteiger partial charge is 0.326 e. The van der Waals surface area contributed by atoms with Crippen LogP contribution < -0.4 is 10.6 Å². The first kappa shape index (κ1) is 16.6. The van der Waals surface area contributed by atoms with Gasteiger partial charge in [0.2, 0.25) is 0 Å². The van der Waals surface area contributed by atoms with Crippen LogP contribution in [0.3, 0.4) is 0 Å². The van der Waals surface area contributed by atoms with Gasteiger partial charge in [-0.05, 0) is 31.9 Å². The van der Waals surface area contributed by atoms with E-state index >= 15 is 0 Å². The first-order chi connectivity index (χ1) is 9.42. The number of rotatable bonds is 6. The van der Waals surface area contributed by atoms with Crippen molar-refractivity contribution in [2.75, 3.05) is 6.26 Å². The molecule has 0 aromatic carbocycles. The molecule has 7 nitrogen and oxygen atoms in total. The number of amides is 2. The third-order valence-corrected chi connectivity index (χ3v) is 4.46. The largest absolute Gasteiger partial charge is 0.481 e. The first-order valence-electron chi connectivity index (χ1n) is 6.46. The van der Waals surface area contributed by atoms with E-state index in [4.69, 9.17) is 10.2 Å². The van der Waals surface area contributed by atoms with E-state index in [1.807, 2.05) is 11.8 Å². The van der Waals surface area contributed by atoms with Gasteiger partial charge in [0.15, 0.2) is 0 Å². The van der Waals surface area contributed by atoms with Crippen molar-refractivity contribution >= 4 is 29.7 Å². The number of thioether (sulfide) groups is 1. The summed E-state index contributed by atoms with van der Waals surface area (Å²) < 4.78 is 0. The van der Waals surface area contributed by atoms with E-state index in [9.17, 15) is 14.4 Å². The minimum Gasteiger partial charge on any atom is -0.481 e. The van der Waals surface area contributed by atoms with Gasteiger partial charge in [-0.15, -0.1) is 0 Å². The molecule has 1 aliphatic rings. The molecule has 2 amide bonds. The molecule has 0 radical (unpaired) electrons. The van der Waals surface area contributed by atoms with Gasteiger partial charge in [-0.25, -0.2) is 9.59 Å². The molecule has 0 bridgehead atoms. The van der Waals surface area contributed by atoms with Crippen molar-refractivity contribution in [3.05, 3.63) is 0 Å². The minimum atomic E-state index is -1.41. The van der Waals surface area contributed by atoms with Gasteiger partial charge >= 0.3 is 18.0 Å². The Morgan fingerprint density at radius 3 is 2.25 bits per heavy atom. The number of carboxylic acid groups (broad SMARTS) is 2. The fraction of sp³-hybridized carbons (Fsp3) is 0.750. The average Bonchev–Trinajstić information content (AvgIpc) is 2.38. The normalized spacial score (nSPS) is 23.6. The molecule has 0 aliphatic heterocycles. The Morgan fingerprint density at radius 1 is 1.20 bits per heavy atom. The predicted octanol–water partition coefficient (Wildman–Crippen LogP) is 0.888. The summed E-state index contributed by atoms with van der Waals surface area (Å²) in [5.41, 5.74) is 0. The van der Waals surface area contributed by atoms with Crippen molar-refractivity contribution in [1.29, 1.82) is 0 Å². The zero-order chi connectivity index (χ0) is 15.1. The lowest BCUT2D eigenvalue weighted by Crippen LogP contribution is -2.50. The molecular formula is C12H20N2O5S. The number of nitrogens with one attached hydrogen (secondary N) is 2. The number of hydrogen-bond acceptors (Lipinski definition) is 4. The highest BCUT2D eigenvalue weighted by Crippen LogP contribution is 2.26. The van der Waals surface area contributed by atoms with Crippen LogP contribution in [0.5, 0.6) is 0 Å². The molecule has 1 atom stereocenters. The number of hydrogen-bond donors (Lipinski definition) is 4. The van der Waals surface area contributed by atoms with E-state index in [0.29, 0.717) is 5.25 Å². The van der Waals surface area contributed by atoms with Crippen LogP contribution in [0.2, 0.25) is 0 Å². The topological polar surface area (TPSA) is 116 Å². The van der Waals surface area contributed by atoms with Crippen LogP contribution in [-0.2, 0) is 9.59 Å². The fourth-order valence-electron chi connectivity index (χ4n) is 2.20. The van der Waals surface area contributed by atoms with Gasteiger partial charge < -0.3 is 20.8 Å². The summed E-state index contributed by atoms with van der Waals surface area (Å²) in [5, 5.41) is 22.9. The Labute approximate surface area is 121 Å². The fourth-order valence-corrected chi connectivity index (χ4v) is 2.95. The van der Waals surface area contributed by atoms with Crippen molar-refractivity contribution in [2.45, 2.75) is 49.4 Å². The minimum absolute atomic E-state index is 0.0256. The molecule has 0 heterocycles. The Bertz CT molecular complexity index is 369. The molecule has 0 saturated heterocycles. The lowest BCUT2D eigenvalue weighted by Gasteiger charge is -2.28. The maximum absolute atomic E-state index is 11.7. The van der Waals surface area contributed by atoms with Gasteiger partial charge in [0.1, 0.15) is 6.04 Å². The van der Waals surface area contributed by atoms with Crippen LogP contribution >= 0.6 is 11.8 Å². The van der Waals surface area contributed by atoms with Gasteiger partial charge in [-0.2, -0.15) is 11.8 Å². The lowest BCUT2D eigenvalue weighted by atomic mass is 9.95. The standard InChI is InChI=1S/C12H20N2O5S/c1-20-8-4-2-7(3-5-8)13-12(19)14-9(11(17)18)6-10(15)16/h7-9H,2-6H2,1H3,(H,15,16)(H,17,18)(H2,13,14,19). The van der Waals surface area contributed by atoms with Gasteiger partial charge in [0.25, 0.3) is 0 Å². The van der Waals surface area contributed by atoms with Crippen molar-refractivity contribution in [3.63, 3.8) is 0 Å². The number of urea groups is 1. The summed E-state index contributed by atoms with van der Waals surface area (Å²) >= 11 is 1.82. The van der Waals surface area contributed by atoms with Crippen molar-refractivity contribution in [1.82, 2.24) is 10.6 Å². The molecule has 1 fully saturated rings. The summed E-state index contributed by atoms with van der Waals surface area (Å²) in [6.45, 7) is 0. The number of carbonyl (C=O) groups is 3. The van der Waals surface area contributed by atoms with Crippen LogP contribution in [0.1, 0.15) is 32.1 Å². The highest BCUT2D eigenvalue weighted by molar-refractivity contribution is 7.99. The SMILES string of the molecule is CSC1CCC(NC(=O)NC(CC(=O)O)C(=O)O)CC1. The molecule has 1 rings (SSSR count). The molecule has 0 aromatic rings. The highest BCUT2D eigenvalue weighted by atomic mass is 32.2. The number of carbonyl (C=O) groups excluding carboxylic acids is 1. The highest BCUT2D eigenvalue weighted by Gasteiger charge is 2.26. The van der Waals surface area contributed by atoms with E-state index < -0.39 is 30.4 Å². The van der Waals surface area contributed by atoms with Gasteiger partial charge in [-0.1, -0.05) is 0 Å². The maximum atomic E-state index is 11.7. The van der Waals surface area contributed by atoms with Crippen LogP contribution in [0.15, 0.2) is 0 Å². The second kappa shape index (κ2) is 7.98. The van der Waals surface area contributed by atoms with Gasteiger partial charge in [0.05, 0.1) is 6.42 Å². The molecule has 1 aliphatic carbocycles. The van der Waals surface area contributed by atoms with Crippen LogP contribution in [0.25, 0.3) is 0 Å². The van der Waals surface area contributed by atoms with Crippen molar-refractivity contribution in [2.24, 2.45) is 0 Å². The molecule has 0 aromatic heterocycles. The van der Waals surface area contributed by atoms with Gasteiger partial charge in [-0.3, -0.25) is 4.79 Å². The molecule has 20 heavy (non-hydrogen) atoms. The monoisotopic (exact) mass is 304 g/mol. The molecular weight excluding hydrogens is 284 g/mol. The second-order valence-electron chi connectivity index (χ2n) is 4.82. The van der Waals surface area contributed by atoms with Crippen molar-refractivity contribution < 1.29 is 24.6 Å². The summed E-state index contributed by atoms with van der Waals surface area (Å²) in [6.07, 6.45) is 5.18. The van der Waals surface area contributed by atoms with Gasteiger partial charge in [0, 0.05) is 11.3 Å². The zero-order valence-corrected chi connectivity index (χ0v) is 12.1. The Morgan fingerprint density at radius 2 is 1.80 bits per heavy atom. The summed E-state index contributed by atoms with van der Waals surface area (Å²) in [7, 11) is 0. The van der Waals surface area contributed by atoms with E-state index in [1.165, 1.54) is 0 Å². The first-order valence-corrected chi connectivity index (χ1v) is 7.75. The van der Waals surface area contributed by atoms with E-state index in [1.54, 1.807) is 0 Å². The Balaban J connectivity index is 2.38. The van der Waals surface area contributed by atoms with Crippen LogP contribution in [-0.4, -0.2) is 51.8 Å². The number of carboxylic acids is 2. The third-order valence-electron chi connectivity index (χ3n) is 3.32. The summed E-state index contributed by atoms with van der Waals surface area (Å²) in [5.74, 6) is -2.62. The summed E-state index contributed by atoms with van der Waals surface area (Å²) in [6, 6.07) is -2.00. The Hall–Kier alpha value is -1.44. The Kier molecular flexibility index (Phi) is 6.63. The molecule has 0 spiro atoms. The quantitative estimate of drug-likeness (QED) is 0.579. The maximum Gasteiger partial charge on any atom is 0.326 e. The molecule has 1 saturated carbocycles.